The number of thiazole rings is 1. The van der Waals surface area contributed by atoms with Gasteiger partial charge in [0.15, 0.2) is 5.13 Å². The number of halogens is 1. The van der Waals surface area contributed by atoms with Crippen LogP contribution in [0.5, 0.6) is 0 Å². The number of urea groups is 1. The van der Waals surface area contributed by atoms with Gasteiger partial charge in [0.1, 0.15) is 0 Å². The minimum atomic E-state index is -0.350. The molecular weight excluding hydrogens is 420 g/mol. The molecule has 0 aliphatic carbocycles. The van der Waals surface area contributed by atoms with Crippen molar-refractivity contribution < 1.29 is 9.59 Å². The van der Waals surface area contributed by atoms with Gasteiger partial charge in [0, 0.05) is 24.7 Å². The summed E-state index contributed by atoms with van der Waals surface area (Å²) < 4.78 is 0.682. The van der Waals surface area contributed by atoms with Crippen LogP contribution in [-0.2, 0) is 13.1 Å². The van der Waals surface area contributed by atoms with Gasteiger partial charge in [-0.2, -0.15) is 5.10 Å². The Balaban J connectivity index is 1.53. The maximum absolute atomic E-state index is 12.6. The molecular formula is C17H19ClN6O2S2. The van der Waals surface area contributed by atoms with Gasteiger partial charge in [0.25, 0.3) is 5.91 Å². The highest BCUT2D eigenvalue weighted by Crippen LogP contribution is 2.20. The number of amides is 3. The number of anilines is 1. The van der Waals surface area contributed by atoms with E-state index in [1.807, 2.05) is 23.8 Å². The first-order valence-corrected chi connectivity index (χ1v) is 10.5. The zero-order valence-electron chi connectivity index (χ0n) is 15.5. The predicted octanol–water partition coefficient (Wildman–Crippen LogP) is 3.79. The van der Waals surface area contributed by atoms with Crippen molar-refractivity contribution in [1.29, 1.82) is 0 Å². The number of nitrogens with one attached hydrogen (secondary N) is 3. The van der Waals surface area contributed by atoms with Crippen molar-refractivity contribution in [3.63, 3.8) is 0 Å². The number of thiophene rings is 1. The minimum Gasteiger partial charge on any atom is -0.336 e. The lowest BCUT2D eigenvalue weighted by atomic mass is 10.2. The van der Waals surface area contributed by atoms with Crippen molar-refractivity contribution >= 4 is 51.3 Å². The molecule has 0 saturated heterocycles. The molecule has 3 N–H and O–H groups in total. The van der Waals surface area contributed by atoms with E-state index in [1.165, 1.54) is 22.7 Å². The second-order valence-corrected chi connectivity index (χ2v) is 8.58. The number of hydrogen-bond donors (Lipinski definition) is 3. The summed E-state index contributed by atoms with van der Waals surface area (Å²) in [5, 5.41) is 16.5. The van der Waals surface area contributed by atoms with E-state index in [9.17, 15) is 9.59 Å². The lowest BCUT2D eigenvalue weighted by Crippen LogP contribution is -2.28. The van der Waals surface area contributed by atoms with Crippen LogP contribution in [0.4, 0.5) is 9.93 Å². The number of carbonyl (C=O) groups is 2. The standard InChI is InChI=1S/C17H19ClN6O2S2/c1-9-14(10(2)23-22-9)15(25)24(3)6-12-8-28-17(20-12)21-16(26)19-5-11-4-13(18)27-7-11/h4,7-8H,5-6H2,1-3H3,(H,22,23)(H2,19,20,21,26). The van der Waals surface area contributed by atoms with Crippen LogP contribution in [0.25, 0.3) is 0 Å². The first kappa shape index (κ1) is 20.3. The highest BCUT2D eigenvalue weighted by atomic mass is 35.5. The van der Waals surface area contributed by atoms with Crippen LogP contribution >= 0.6 is 34.3 Å². The maximum Gasteiger partial charge on any atom is 0.321 e. The largest absolute Gasteiger partial charge is 0.336 e. The lowest BCUT2D eigenvalue weighted by molar-refractivity contribution is 0.0782. The zero-order valence-corrected chi connectivity index (χ0v) is 17.9. The van der Waals surface area contributed by atoms with Gasteiger partial charge in [0.2, 0.25) is 0 Å². The van der Waals surface area contributed by atoms with Crippen LogP contribution in [-0.4, -0.2) is 39.1 Å². The number of carbonyl (C=O) groups excluding carboxylic acids is 2. The fraction of sp³-hybridized carbons (Fsp3) is 0.294. The average Bonchev–Trinajstić information content (AvgIpc) is 3.34. The Kier molecular flexibility index (Phi) is 6.32. The number of rotatable bonds is 6. The van der Waals surface area contributed by atoms with Crippen molar-refractivity contribution in [3.8, 4) is 0 Å². The SMILES string of the molecule is Cc1n[nH]c(C)c1C(=O)N(C)Cc1csc(NC(=O)NCc2csc(Cl)c2)n1. The molecule has 3 aromatic heterocycles. The Bertz CT molecular complexity index is 976. The molecule has 3 amide bonds. The van der Waals surface area contributed by atoms with E-state index in [1.54, 1.807) is 18.9 Å². The van der Waals surface area contributed by atoms with Crippen LogP contribution < -0.4 is 10.6 Å². The zero-order chi connectivity index (χ0) is 20.3. The topological polar surface area (TPSA) is 103 Å². The van der Waals surface area contributed by atoms with Gasteiger partial charge in [-0.1, -0.05) is 11.6 Å². The van der Waals surface area contributed by atoms with Gasteiger partial charge >= 0.3 is 6.03 Å². The molecule has 0 saturated carbocycles. The summed E-state index contributed by atoms with van der Waals surface area (Å²) in [6, 6.07) is 1.46. The normalized spacial score (nSPS) is 10.7. The van der Waals surface area contributed by atoms with Crippen molar-refractivity contribution in [2.75, 3.05) is 12.4 Å². The lowest BCUT2D eigenvalue weighted by Gasteiger charge is -2.16. The molecule has 3 rings (SSSR count). The van der Waals surface area contributed by atoms with Crippen LogP contribution in [0.3, 0.4) is 0 Å². The van der Waals surface area contributed by atoms with Gasteiger partial charge in [-0.15, -0.1) is 22.7 Å². The quantitative estimate of drug-likeness (QED) is 0.544. The highest BCUT2D eigenvalue weighted by molar-refractivity contribution is 7.14. The summed E-state index contributed by atoms with van der Waals surface area (Å²) in [6.07, 6.45) is 0. The second-order valence-electron chi connectivity index (χ2n) is 6.18. The molecule has 0 bridgehead atoms. The summed E-state index contributed by atoms with van der Waals surface area (Å²) in [6.45, 7) is 4.32. The molecule has 8 nitrogen and oxygen atoms in total. The average molecular weight is 439 g/mol. The number of aryl methyl sites for hydroxylation is 2. The monoisotopic (exact) mass is 438 g/mol. The van der Waals surface area contributed by atoms with E-state index < -0.39 is 0 Å². The molecule has 0 spiro atoms. The summed E-state index contributed by atoms with van der Waals surface area (Å²) >= 11 is 8.59. The fourth-order valence-corrected chi connectivity index (χ4v) is 4.18. The number of H-pyrrole nitrogens is 1. The Hall–Kier alpha value is -2.43. The van der Waals surface area contributed by atoms with Crippen LogP contribution in [0.1, 0.15) is 33.0 Å². The molecule has 0 unspecified atom stereocenters. The molecule has 0 atom stereocenters. The van der Waals surface area contributed by atoms with E-state index in [-0.39, 0.29) is 11.9 Å². The van der Waals surface area contributed by atoms with Crippen molar-refractivity contribution in [1.82, 2.24) is 25.4 Å². The maximum atomic E-state index is 12.6. The Morgan fingerprint density at radius 1 is 1.29 bits per heavy atom. The smallest absolute Gasteiger partial charge is 0.321 e. The van der Waals surface area contributed by atoms with Crippen LogP contribution in [0.15, 0.2) is 16.8 Å². The predicted molar refractivity (Wildman–Crippen MR) is 111 cm³/mol. The summed E-state index contributed by atoms with van der Waals surface area (Å²) in [7, 11) is 1.71. The molecule has 0 aromatic carbocycles. The molecule has 3 aromatic rings. The Morgan fingerprint density at radius 2 is 2.07 bits per heavy atom. The van der Waals surface area contributed by atoms with Gasteiger partial charge < -0.3 is 10.2 Å². The second kappa shape index (κ2) is 8.72. The first-order valence-electron chi connectivity index (χ1n) is 8.32. The Morgan fingerprint density at radius 3 is 2.71 bits per heavy atom. The van der Waals surface area contributed by atoms with Crippen LogP contribution in [0, 0.1) is 13.8 Å². The third kappa shape index (κ3) is 4.89. The van der Waals surface area contributed by atoms with E-state index in [0.717, 1.165) is 11.3 Å². The fourth-order valence-electron chi connectivity index (χ4n) is 2.57. The minimum absolute atomic E-state index is 0.126. The van der Waals surface area contributed by atoms with E-state index in [2.05, 4.69) is 25.8 Å². The molecule has 0 aliphatic rings. The van der Waals surface area contributed by atoms with Crippen LogP contribution in [0.2, 0.25) is 4.34 Å². The third-order valence-electron chi connectivity index (χ3n) is 3.93. The Labute approximate surface area is 174 Å². The van der Waals surface area contributed by atoms with Crippen molar-refractivity contribution in [2.24, 2.45) is 0 Å². The molecule has 0 radical (unpaired) electrons. The molecule has 0 fully saturated rings. The summed E-state index contributed by atoms with van der Waals surface area (Å²) in [4.78, 5) is 30.6. The molecule has 148 valence electrons. The van der Waals surface area contributed by atoms with Gasteiger partial charge in [-0.3, -0.25) is 15.2 Å². The summed E-state index contributed by atoms with van der Waals surface area (Å²) in [5.41, 5.74) is 3.61. The van der Waals surface area contributed by atoms with Gasteiger partial charge in [0.05, 0.1) is 27.8 Å². The van der Waals surface area contributed by atoms with E-state index in [0.29, 0.717) is 39.5 Å². The summed E-state index contributed by atoms with van der Waals surface area (Å²) in [5.74, 6) is -0.126. The molecule has 28 heavy (non-hydrogen) atoms. The molecule has 0 aliphatic heterocycles. The van der Waals surface area contributed by atoms with Gasteiger partial charge in [-0.05, 0) is 30.9 Å². The number of nitrogens with zero attached hydrogens (tertiary/aromatic N) is 3. The van der Waals surface area contributed by atoms with E-state index in [4.69, 9.17) is 11.6 Å². The van der Waals surface area contributed by atoms with Gasteiger partial charge in [-0.25, -0.2) is 9.78 Å². The molecule has 11 heteroatoms. The van der Waals surface area contributed by atoms with E-state index >= 15 is 0 Å². The number of aromatic nitrogens is 3. The van der Waals surface area contributed by atoms with Crippen molar-refractivity contribution in [3.05, 3.63) is 49.4 Å². The third-order valence-corrected chi connectivity index (χ3v) is 5.88. The number of hydrogen-bond acceptors (Lipinski definition) is 6. The highest BCUT2D eigenvalue weighted by Gasteiger charge is 2.20. The number of aromatic amines is 1. The first-order chi connectivity index (χ1) is 13.3. The molecule has 3 heterocycles. The van der Waals surface area contributed by atoms with Crippen molar-refractivity contribution in [2.45, 2.75) is 26.9 Å².